The molecule has 0 aliphatic heterocycles. The van der Waals surface area contributed by atoms with Crippen LogP contribution < -0.4 is 10.1 Å². The zero-order chi connectivity index (χ0) is 19.2. The van der Waals surface area contributed by atoms with Gasteiger partial charge in [0, 0.05) is 11.6 Å². The van der Waals surface area contributed by atoms with Crippen molar-refractivity contribution in [1.82, 2.24) is 9.97 Å². The molecule has 0 spiro atoms. The van der Waals surface area contributed by atoms with Gasteiger partial charge in [-0.2, -0.15) is 0 Å². The number of carbonyl (C=O) groups excluding carboxylic acids is 1. The van der Waals surface area contributed by atoms with Gasteiger partial charge >= 0.3 is 6.01 Å². The van der Waals surface area contributed by atoms with Crippen molar-refractivity contribution in [1.29, 1.82) is 0 Å². The number of para-hydroxylation sites is 1. The summed E-state index contributed by atoms with van der Waals surface area (Å²) in [4.78, 5) is 19.6. The van der Waals surface area contributed by atoms with Crippen LogP contribution in [-0.4, -0.2) is 15.9 Å². The maximum Gasteiger partial charge on any atom is 0.322 e. The Morgan fingerprint density at radius 3 is 2.48 bits per heavy atom. The average molecular weight is 371 g/mol. The van der Waals surface area contributed by atoms with E-state index in [1.165, 1.54) is 30.6 Å². The maximum absolute atomic E-state index is 13.5. The number of anilines is 1. The molecule has 1 N–H and O–H groups in total. The van der Waals surface area contributed by atoms with Crippen LogP contribution >= 0.6 is 0 Å². The van der Waals surface area contributed by atoms with Crippen molar-refractivity contribution >= 4 is 17.7 Å². The molecule has 2 aromatic carbocycles. The van der Waals surface area contributed by atoms with E-state index in [1.807, 2.05) is 0 Å². The molecule has 0 atom stereocenters. The fourth-order valence-electron chi connectivity index (χ4n) is 2.05. The lowest BCUT2D eigenvalue weighted by molar-refractivity contribution is -0.111. The van der Waals surface area contributed by atoms with E-state index >= 15 is 0 Å². The first-order valence-corrected chi connectivity index (χ1v) is 7.70. The number of nitrogens with zero attached hydrogens (tertiary/aromatic N) is 2. The Kier molecular flexibility index (Phi) is 5.46. The lowest BCUT2D eigenvalue weighted by atomic mass is 10.2. The van der Waals surface area contributed by atoms with E-state index in [1.54, 1.807) is 6.07 Å². The number of amides is 1. The Balaban J connectivity index is 1.62. The number of hydrogen-bond donors (Lipinski definition) is 1. The fourth-order valence-corrected chi connectivity index (χ4v) is 2.05. The average Bonchev–Trinajstić information content (AvgIpc) is 2.66. The molecule has 0 bridgehead atoms. The van der Waals surface area contributed by atoms with E-state index in [4.69, 9.17) is 4.74 Å². The first kappa shape index (κ1) is 18.1. The molecule has 1 heterocycles. The second-order valence-corrected chi connectivity index (χ2v) is 5.28. The lowest BCUT2D eigenvalue weighted by Crippen LogP contribution is -2.08. The van der Waals surface area contributed by atoms with Crippen LogP contribution in [0.1, 0.15) is 5.56 Å². The monoisotopic (exact) mass is 371 g/mol. The normalized spacial score (nSPS) is 10.8. The molecule has 27 heavy (non-hydrogen) atoms. The van der Waals surface area contributed by atoms with Crippen LogP contribution in [0.3, 0.4) is 0 Å². The Bertz CT molecular complexity index is 992. The highest BCUT2D eigenvalue weighted by Gasteiger charge is 2.07. The van der Waals surface area contributed by atoms with Crippen LogP contribution in [0, 0.1) is 17.5 Å². The summed E-state index contributed by atoms with van der Waals surface area (Å²) in [5, 5.41) is 2.45. The molecule has 136 valence electrons. The molecule has 0 radical (unpaired) electrons. The molecule has 0 fully saturated rings. The van der Waals surface area contributed by atoms with E-state index in [2.05, 4.69) is 15.3 Å². The number of ether oxygens (including phenoxy) is 1. The number of hydrogen-bond acceptors (Lipinski definition) is 4. The molecule has 3 rings (SSSR count). The maximum atomic E-state index is 13.5. The van der Waals surface area contributed by atoms with E-state index in [9.17, 15) is 18.0 Å². The summed E-state index contributed by atoms with van der Waals surface area (Å²) in [6.07, 6.45) is 4.71. The fraction of sp³-hybridized carbons (Fsp3) is 0. The van der Waals surface area contributed by atoms with E-state index in [0.717, 1.165) is 30.4 Å². The number of carbonyl (C=O) groups is 1. The molecular formula is C19H12F3N3O2. The number of nitrogens with one attached hydrogen (secondary N) is 1. The van der Waals surface area contributed by atoms with Crippen molar-refractivity contribution in [2.75, 3.05) is 5.32 Å². The van der Waals surface area contributed by atoms with Crippen LogP contribution in [0.25, 0.3) is 6.08 Å². The third-order valence-electron chi connectivity index (χ3n) is 3.31. The summed E-state index contributed by atoms with van der Waals surface area (Å²) in [6.45, 7) is 0. The van der Waals surface area contributed by atoms with Crippen LogP contribution in [0.4, 0.5) is 18.9 Å². The second kappa shape index (κ2) is 8.13. The van der Waals surface area contributed by atoms with Crippen molar-refractivity contribution in [2.45, 2.75) is 0 Å². The minimum absolute atomic E-state index is 0.0330. The molecule has 8 heteroatoms. The summed E-state index contributed by atoms with van der Waals surface area (Å²) >= 11 is 0. The second-order valence-electron chi connectivity index (χ2n) is 5.28. The molecule has 0 saturated heterocycles. The van der Waals surface area contributed by atoms with E-state index in [0.29, 0.717) is 0 Å². The van der Waals surface area contributed by atoms with Crippen LogP contribution in [0.15, 0.2) is 60.9 Å². The molecule has 0 aliphatic rings. The molecule has 1 aromatic heterocycles. The molecule has 0 unspecified atom stereocenters. The first-order valence-electron chi connectivity index (χ1n) is 7.70. The quantitative estimate of drug-likeness (QED) is 0.678. The van der Waals surface area contributed by atoms with Crippen LogP contribution in [0.5, 0.6) is 11.8 Å². The SMILES string of the molecule is O=C(/C=C/c1cc(F)ccc1F)Nc1cnc(Oc2ccccc2F)nc1. The van der Waals surface area contributed by atoms with E-state index in [-0.39, 0.29) is 23.0 Å². The van der Waals surface area contributed by atoms with Gasteiger partial charge in [-0.15, -0.1) is 0 Å². The number of benzene rings is 2. The largest absolute Gasteiger partial charge is 0.421 e. The molecule has 5 nitrogen and oxygen atoms in total. The van der Waals surface area contributed by atoms with Crippen LogP contribution in [0.2, 0.25) is 0 Å². The Morgan fingerprint density at radius 1 is 1.00 bits per heavy atom. The predicted molar refractivity (Wildman–Crippen MR) is 92.5 cm³/mol. The third-order valence-corrected chi connectivity index (χ3v) is 3.31. The number of halogens is 3. The summed E-state index contributed by atoms with van der Waals surface area (Å²) in [7, 11) is 0. The first-order chi connectivity index (χ1) is 13.0. The zero-order valence-corrected chi connectivity index (χ0v) is 13.7. The Labute approximate surface area is 152 Å². The van der Waals surface area contributed by atoms with Gasteiger partial charge in [0.15, 0.2) is 11.6 Å². The highest BCUT2D eigenvalue weighted by atomic mass is 19.1. The molecule has 0 aliphatic carbocycles. The lowest BCUT2D eigenvalue weighted by Gasteiger charge is -2.05. The van der Waals surface area contributed by atoms with Gasteiger partial charge in [0.2, 0.25) is 5.91 Å². The van der Waals surface area contributed by atoms with Crippen molar-refractivity contribution in [2.24, 2.45) is 0 Å². The van der Waals surface area contributed by atoms with Gasteiger partial charge in [0.1, 0.15) is 11.6 Å². The van der Waals surface area contributed by atoms with Gasteiger partial charge in [-0.3, -0.25) is 4.79 Å². The van der Waals surface area contributed by atoms with Gasteiger partial charge in [-0.05, 0) is 36.4 Å². The molecule has 0 saturated carbocycles. The van der Waals surface area contributed by atoms with Gasteiger partial charge < -0.3 is 10.1 Å². The summed E-state index contributed by atoms with van der Waals surface area (Å²) < 4.78 is 45.3. The highest BCUT2D eigenvalue weighted by molar-refractivity contribution is 6.01. The zero-order valence-electron chi connectivity index (χ0n) is 13.7. The van der Waals surface area contributed by atoms with Crippen molar-refractivity contribution in [3.05, 3.63) is 83.9 Å². The van der Waals surface area contributed by atoms with Crippen molar-refractivity contribution < 1.29 is 22.7 Å². The number of aromatic nitrogens is 2. The Morgan fingerprint density at radius 2 is 1.74 bits per heavy atom. The minimum atomic E-state index is -0.654. The number of rotatable bonds is 5. The van der Waals surface area contributed by atoms with Gasteiger partial charge in [0.25, 0.3) is 0 Å². The predicted octanol–water partition coefficient (Wildman–Crippen LogP) is 4.34. The Hall–Kier alpha value is -3.68. The third kappa shape index (κ3) is 4.91. The van der Waals surface area contributed by atoms with E-state index < -0.39 is 23.4 Å². The molecular weight excluding hydrogens is 359 g/mol. The van der Waals surface area contributed by atoms with Gasteiger partial charge in [0.05, 0.1) is 18.1 Å². The van der Waals surface area contributed by atoms with Crippen molar-refractivity contribution in [3.63, 3.8) is 0 Å². The minimum Gasteiger partial charge on any atom is -0.421 e. The van der Waals surface area contributed by atoms with Gasteiger partial charge in [-0.1, -0.05) is 12.1 Å². The van der Waals surface area contributed by atoms with Crippen molar-refractivity contribution in [3.8, 4) is 11.8 Å². The molecule has 3 aromatic rings. The summed E-state index contributed by atoms with van der Waals surface area (Å²) in [5.41, 5.74) is 0.181. The smallest absolute Gasteiger partial charge is 0.322 e. The summed E-state index contributed by atoms with van der Waals surface area (Å²) in [5.74, 6) is -2.46. The van der Waals surface area contributed by atoms with Gasteiger partial charge in [-0.25, -0.2) is 23.1 Å². The highest BCUT2D eigenvalue weighted by Crippen LogP contribution is 2.21. The summed E-state index contributed by atoms with van der Waals surface area (Å²) in [6, 6.07) is 8.59. The topological polar surface area (TPSA) is 64.1 Å². The standard InChI is InChI=1S/C19H12F3N3O2/c20-13-6-7-15(21)12(9-13)5-8-18(26)25-14-10-23-19(24-11-14)27-17-4-2-1-3-16(17)22/h1-11H,(H,25,26)/b8-5+. The molecule has 1 amide bonds. The van der Waals surface area contributed by atoms with Crippen LogP contribution in [-0.2, 0) is 4.79 Å².